The topological polar surface area (TPSA) is 58.6 Å². The molecule has 142 valence electrons. The van der Waals surface area contributed by atoms with Crippen LogP contribution in [0.15, 0.2) is 24.3 Å². The van der Waals surface area contributed by atoms with Crippen molar-refractivity contribution in [1.82, 2.24) is 10.2 Å². The SMILES string of the molecule is CC(C)OCc1ccc(CNC(=O)C2CCN(C(=O)C3CC3)CC2)cc1. The number of carbonyl (C=O) groups excluding carboxylic acids is 2. The Labute approximate surface area is 156 Å². The van der Waals surface area contributed by atoms with Gasteiger partial charge in [0.25, 0.3) is 0 Å². The summed E-state index contributed by atoms with van der Waals surface area (Å²) >= 11 is 0. The first-order chi connectivity index (χ1) is 12.5. The average molecular weight is 358 g/mol. The third kappa shape index (κ3) is 5.31. The zero-order valence-electron chi connectivity index (χ0n) is 15.9. The molecule has 0 bridgehead atoms. The van der Waals surface area contributed by atoms with Gasteiger partial charge in [-0.15, -0.1) is 0 Å². The Hall–Kier alpha value is -1.88. The lowest BCUT2D eigenvalue weighted by molar-refractivity contribution is -0.136. The Bertz CT molecular complexity index is 615. The van der Waals surface area contributed by atoms with Crippen molar-refractivity contribution in [2.24, 2.45) is 11.8 Å². The van der Waals surface area contributed by atoms with E-state index in [1.165, 1.54) is 0 Å². The lowest BCUT2D eigenvalue weighted by Gasteiger charge is -2.31. The number of piperidine rings is 1. The standard InChI is InChI=1S/C21H30N2O3/c1-15(2)26-14-17-5-3-16(4-6-17)13-22-20(24)18-9-11-23(12-10-18)21(25)19-7-8-19/h3-6,15,18-19H,7-14H2,1-2H3,(H,22,24). The zero-order chi connectivity index (χ0) is 18.5. The highest BCUT2D eigenvalue weighted by molar-refractivity contribution is 5.82. The predicted octanol–water partition coefficient (Wildman–Crippen LogP) is 2.88. The van der Waals surface area contributed by atoms with E-state index in [9.17, 15) is 9.59 Å². The molecule has 0 spiro atoms. The van der Waals surface area contributed by atoms with Gasteiger partial charge in [-0.3, -0.25) is 9.59 Å². The Morgan fingerprint density at radius 3 is 2.23 bits per heavy atom. The lowest BCUT2D eigenvalue weighted by atomic mass is 9.95. The number of nitrogens with one attached hydrogen (secondary N) is 1. The first-order valence-corrected chi connectivity index (χ1v) is 9.79. The Morgan fingerprint density at radius 2 is 1.65 bits per heavy atom. The van der Waals surface area contributed by atoms with Gasteiger partial charge in [0.1, 0.15) is 0 Å². The van der Waals surface area contributed by atoms with E-state index in [0.29, 0.717) is 19.1 Å². The molecule has 2 fully saturated rings. The molecule has 0 unspecified atom stereocenters. The fourth-order valence-corrected chi connectivity index (χ4v) is 3.30. The molecular weight excluding hydrogens is 328 g/mol. The van der Waals surface area contributed by atoms with Gasteiger partial charge in [0, 0.05) is 31.5 Å². The summed E-state index contributed by atoms with van der Waals surface area (Å²) in [5, 5.41) is 3.04. The van der Waals surface area contributed by atoms with Crippen molar-refractivity contribution in [2.75, 3.05) is 13.1 Å². The number of carbonyl (C=O) groups is 2. The third-order valence-corrected chi connectivity index (χ3v) is 5.18. The molecule has 1 N–H and O–H groups in total. The summed E-state index contributed by atoms with van der Waals surface area (Å²) in [6.07, 6.45) is 3.86. The van der Waals surface area contributed by atoms with Gasteiger partial charge in [-0.05, 0) is 50.7 Å². The van der Waals surface area contributed by atoms with Crippen molar-refractivity contribution < 1.29 is 14.3 Å². The van der Waals surface area contributed by atoms with Gasteiger partial charge in [-0.25, -0.2) is 0 Å². The molecule has 0 atom stereocenters. The number of amides is 2. The minimum atomic E-state index is 0.0250. The van der Waals surface area contributed by atoms with E-state index < -0.39 is 0 Å². The van der Waals surface area contributed by atoms with Crippen molar-refractivity contribution in [2.45, 2.75) is 58.8 Å². The van der Waals surface area contributed by atoms with E-state index in [-0.39, 0.29) is 23.8 Å². The Balaban J connectivity index is 1.39. The number of nitrogens with zero attached hydrogens (tertiary/aromatic N) is 1. The van der Waals surface area contributed by atoms with Crippen molar-refractivity contribution in [3.63, 3.8) is 0 Å². The van der Waals surface area contributed by atoms with Crippen LogP contribution in [0.4, 0.5) is 0 Å². The van der Waals surface area contributed by atoms with E-state index in [1.54, 1.807) is 0 Å². The maximum absolute atomic E-state index is 12.4. The maximum Gasteiger partial charge on any atom is 0.225 e. The Morgan fingerprint density at radius 1 is 1.04 bits per heavy atom. The highest BCUT2D eigenvalue weighted by Gasteiger charge is 2.35. The van der Waals surface area contributed by atoms with Crippen molar-refractivity contribution >= 4 is 11.8 Å². The number of hydrogen-bond acceptors (Lipinski definition) is 3. The van der Waals surface area contributed by atoms with Gasteiger partial charge in [-0.2, -0.15) is 0 Å². The predicted molar refractivity (Wildman–Crippen MR) is 100 cm³/mol. The van der Waals surface area contributed by atoms with Crippen LogP contribution in [0.5, 0.6) is 0 Å². The van der Waals surface area contributed by atoms with E-state index >= 15 is 0 Å². The second-order valence-electron chi connectivity index (χ2n) is 7.77. The zero-order valence-corrected chi connectivity index (χ0v) is 15.9. The molecule has 5 nitrogen and oxygen atoms in total. The molecule has 1 aromatic rings. The van der Waals surface area contributed by atoms with Gasteiger partial charge < -0.3 is 15.0 Å². The molecule has 1 heterocycles. The summed E-state index contributed by atoms with van der Waals surface area (Å²) in [5.41, 5.74) is 2.23. The summed E-state index contributed by atoms with van der Waals surface area (Å²) < 4.78 is 5.59. The molecule has 1 aliphatic carbocycles. The lowest BCUT2D eigenvalue weighted by Crippen LogP contribution is -2.43. The summed E-state index contributed by atoms with van der Waals surface area (Å²) in [4.78, 5) is 26.4. The first kappa shape index (κ1) is 18.9. The normalized spacial score (nSPS) is 18.2. The molecule has 26 heavy (non-hydrogen) atoms. The molecular formula is C21H30N2O3. The number of benzene rings is 1. The molecule has 1 saturated carbocycles. The molecule has 3 rings (SSSR count). The van der Waals surface area contributed by atoms with E-state index in [4.69, 9.17) is 4.74 Å². The highest BCUT2D eigenvalue weighted by Crippen LogP contribution is 2.32. The molecule has 0 radical (unpaired) electrons. The van der Waals surface area contributed by atoms with Gasteiger partial charge in [-0.1, -0.05) is 24.3 Å². The number of ether oxygens (including phenoxy) is 1. The third-order valence-electron chi connectivity index (χ3n) is 5.18. The number of rotatable bonds is 7. The molecule has 5 heteroatoms. The van der Waals surface area contributed by atoms with Crippen LogP contribution < -0.4 is 5.32 Å². The van der Waals surface area contributed by atoms with Crippen LogP contribution in [0.1, 0.15) is 50.7 Å². The fourth-order valence-electron chi connectivity index (χ4n) is 3.30. The van der Waals surface area contributed by atoms with Crippen LogP contribution in [-0.4, -0.2) is 35.9 Å². The molecule has 0 aromatic heterocycles. The molecule has 1 saturated heterocycles. The van der Waals surface area contributed by atoms with Crippen molar-refractivity contribution in [1.29, 1.82) is 0 Å². The minimum Gasteiger partial charge on any atom is -0.374 e. The summed E-state index contributed by atoms with van der Waals surface area (Å²) in [6.45, 7) is 6.65. The van der Waals surface area contributed by atoms with Crippen LogP contribution in [-0.2, 0) is 27.5 Å². The first-order valence-electron chi connectivity index (χ1n) is 9.79. The second kappa shape index (κ2) is 8.67. The quantitative estimate of drug-likeness (QED) is 0.815. The van der Waals surface area contributed by atoms with Crippen LogP contribution in [0.25, 0.3) is 0 Å². The van der Waals surface area contributed by atoms with Gasteiger partial charge in [0.05, 0.1) is 12.7 Å². The van der Waals surface area contributed by atoms with E-state index in [2.05, 4.69) is 5.32 Å². The van der Waals surface area contributed by atoms with E-state index in [1.807, 2.05) is 43.0 Å². The Kier molecular flexibility index (Phi) is 6.30. The van der Waals surface area contributed by atoms with Gasteiger partial charge in [0.2, 0.25) is 11.8 Å². The van der Waals surface area contributed by atoms with Gasteiger partial charge in [0.15, 0.2) is 0 Å². The number of hydrogen-bond donors (Lipinski definition) is 1. The second-order valence-corrected chi connectivity index (χ2v) is 7.77. The molecule has 2 aliphatic rings. The fraction of sp³-hybridized carbons (Fsp3) is 0.619. The van der Waals surface area contributed by atoms with Crippen molar-refractivity contribution in [3.05, 3.63) is 35.4 Å². The maximum atomic E-state index is 12.4. The summed E-state index contributed by atoms with van der Waals surface area (Å²) in [5.74, 6) is 0.701. The van der Waals surface area contributed by atoms with E-state index in [0.717, 1.165) is 49.9 Å². The summed E-state index contributed by atoms with van der Waals surface area (Å²) in [7, 11) is 0. The molecule has 1 aliphatic heterocycles. The largest absolute Gasteiger partial charge is 0.374 e. The van der Waals surface area contributed by atoms with Gasteiger partial charge >= 0.3 is 0 Å². The monoisotopic (exact) mass is 358 g/mol. The summed E-state index contributed by atoms with van der Waals surface area (Å²) in [6, 6.07) is 8.17. The smallest absolute Gasteiger partial charge is 0.225 e. The van der Waals surface area contributed by atoms with Crippen molar-refractivity contribution in [3.8, 4) is 0 Å². The average Bonchev–Trinajstić information content (AvgIpc) is 3.50. The molecule has 1 aromatic carbocycles. The molecule has 2 amide bonds. The van der Waals surface area contributed by atoms with Crippen LogP contribution in [0.3, 0.4) is 0 Å². The van der Waals surface area contributed by atoms with Crippen LogP contribution >= 0.6 is 0 Å². The minimum absolute atomic E-state index is 0.0250. The number of likely N-dealkylation sites (tertiary alicyclic amines) is 1. The van der Waals surface area contributed by atoms with Crippen LogP contribution in [0.2, 0.25) is 0 Å². The highest BCUT2D eigenvalue weighted by atomic mass is 16.5. The van der Waals surface area contributed by atoms with Crippen LogP contribution in [0, 0.1) is 11.8 Å².